The molecule has 0 unspecified atom stereocenters. The van der Waals surface area contributed by atoms with Crippen molar-refractivity contribution in [3.63, 3.8) is 0 Å². The van der Waals surface area contributed by atoms with Crippen LogP contribution in [-0.4, -0.2) is 16.4 Å². The number of hydrogen-bond donors (Lipinski definition) is 2. The van der Waals surface area contributed by atoms with E-state index in [2.05, 4.69) is 5.92 Å². The molecular weight excluding hydrogens is 308 g/mol. The quantitative estimate of drug-likeness (QED) is 0.594. The second-order valence-corrected chi connectivity index (χ2v) is 4.70. The standard InChI is InChI=1S/C15H7F2N3O3/c1-2-6-3-8(16)9(17)5-10(6)20-11(21)4-7-12(13(20)18)15(23)19-14(7)22/h1,3-5H,18H2,(H,19,22,23). The van der Waals surface area contributed by atoms with Gasteiger partial charge in [0.25, 0.3) is 17.4 Å². The molecule has 8 heteroatoms. The second kappa shape index (κ2) is 4.78. The summed E-state index contributed by atoms with van der Waals surface area (Å²) in [7, 11) is 0. The van der Waals surface area contributed by atoms with Crippen LogP contribution >= 0.6 is 0 Å². The summed E-state index contributed by atoms with van der Waals surface area (Å²) in [4.78, 5) is 35.6. The van der Waals surface area contributed by atoms with Gasteiger partial charge in [-0.05, 0) is 6.07 Å². The van der Waals surface area contributed by atoms with Gasteiger partial charge in [0, 0.05) is 12.1 Å². The third-order valence-corrected chi connectivity index (χ3v) is 3.39. The number of anilines is 1. The fourth-order valence-electron chi connectivity index (χ4n) is 2.36. The van der Waals surface area contributed by atoms with Crippen molar-refractivity contribution < 1.29 is 18.4 Å². The smallest absolute Gasteiger partial charge is 0.262 e. The molecule has 0 saturated heterocycles. The molecule has 0 atom stereocenters. The highest BCUT2D eigenvalue weighted by Crippen LogP contribution is 2.25. The molecule has 0 fully saturated rings. The van der Waals surface area contributed by atoms with Crippen molar-refractivity contribution in [3.8, 4) is 18.0 Å². The van der Waals surface area contributed by atoms with E-state index in [1.165, 1.54) is 0 Å². The van der Waals surface area contributed by atoms with Crippen LogP contribution in [0, 0.1) is 24.0 Å². The van der Waals surface area contributed by atoms with Crippen LogP contribution in [0.3, 0.4) is 0 Å². The molecule has 114 valence electrons. The molecule has 0 saturated carbocycles. The van der Waals surface area contributed by atoms with Crippen molar-refractivity contribution in [1.82, 2.24) is 9.88 Å². The van der Waals surface area contributed by atoms with E-state index in [0.717, 1.165) is 16.7 Å². The number of fused-ring (bicyclic) bond motifs is 1. The topological polar surface area (TPSA) is 94.2 Å². The minimum atomic E-state index is -1.24. The Bertz CT molecular complexity index is 1000. The normalized spacial score (nSPS) is 12.7. The summed E-state index contributed by atoms with van der Waals surface area (Å²) in [6.45, 7) is 0. The minimum absolute atomic E-state index is 0.137. The molecule has 6 nitrogen and oxygen atoms in total. The fraction of sp³-hybridized carbons (Fsp3) is 0. The number of carbonyl (C=O) groups is 2. The summed E-state index contributed by atoms with van der Waals surface area (Å²) in [5.74, 6) is -2.26. The zero-order chi connectivity index (χ0) is 16.9. The van der Waals surface area contributed by atoms with Gasteiger partial charge in [0.05, 0.1) is 22.4 Å². The lowest BCUT2D eigenvalue weighted by Gasteiger charge is -2.14. The van der Waals surface area contributed by atoms with E-state index < -0.39 is 34.8 Å². The Morgan fingerprint density at radius 2 is 1.74 bits per heavy atom. The number of nitrogens with zero attached hydrogens (tertiary/aromatic N) is 1. The maximum atomic E-state index is 13.5. The van der Waals surface area contributed by atoms with Crippen molar-refractivity contribution in [2.24, 2.45) is 0 Å². The largest absolute Gasteiger partial charge is 0.384 e. The zero-order valence-corrected chi connectivity index (χ0v) is 11.3. The molecular formula is C15H7F2N3O3. The Hall–Kier alpha value is -3.47. The van der Waals surface area contributed by atoms with E-state index in [0.29, 0.717) is 6.07 Å². The Balaban J connectivity index is 2.41. The number of hydrogen-bond acceptors (Lipinski definition) is 4. The van der Waals surface area contributed by atoms with Crippen molar-refractivity contribution in [2.75, 3.05) is 5.73 Å². The first kappa shape index (κ1) is 14.5. The van der Waals surface area contributed by atoms with Crippen molar-refractivity contribution >= 4 is 17.6 Å². The van der Waals surface area contributed by atoms with Crippen LogP contribution in [0.4, 0.5) is 14.6 Å². The van der Waals surface area contributed by atoms with Crippen molar-refractivity contribution in [1.29, 1.82) is 0 Å². The van der Waals surface area contributed by atoms with Crippen LogP contribution < -0.4 is 16.6 Å². The number of halogens is 2. The van der Waals surface area contributed by atoms with Crippen LogP contribution in [-0.2, 0) is 0 Å². The van der Waals surface area contributed by atoms with Crippen molar-refractivity contribution in [3.05, 3.63) is 56.9 Å². The molecule has 3 rings (SSSR count). The first-order chi connectivity index (χ1) is 10.8. The lowest BCUT2D eigenvalue weighted by atomic mass is 10.1. The van der Waals surface area contributed by atoms with Crippen LogP contribution in [0.1, 0.15) is 26.3 Å². The number of nitrogens with two attached hydrogens (primary N) is 1. The molecule has 0 spiro atoms. The maximum absolute atomic E-state index is 13.5. The fourth-order valence-corrected chi connectivity index (χ4v) is 2.36. The number of amides is 2. The molecule has 1 aromatic carbocycles. The predicted octanol–water partition coefficient (Wildman–Crippen LogP) is 0.563. The van der Waals surface area contributed by atoms with Crippen molar-refractivity contribution in [2.45, 2.75) is 0 Å². The van der Waals surface area contributed by atoms with E-state index in [1.54, 1.807) is 0 Å². The van der Waals surface area contributed by atoms with E-state index >= 15 is 0 Å². The van der Waals surface area contributed by atoms with Gasteiger partial charge in [0.1, 0.15) is 5.82 Å². The SMILES string of the molecule is C#Cc1cc(F)c(F)cc1-n1c(N)c2c(cc1=O)C(=O)NC2=O. The molecule has 3 N–H and O–H groups in total. The molecule has 23 heavy (non-hydrogen) atoms. The molecule has 0 radical (unpaired) electrons. The summed E-state index contributed by atoms with van der Waals surface area (Å²) >= 11 is 0. The average molecular weight is 315 g/mol. The van der Waals surface area contributed by atoms with E-state index in [-0.39, 0.29) is 22.4 Å². The number of imide groups is 1. The third kappa shape index (κ3) is 1.98. The zero-order valence-electron chi connectivity index (χ0n) is 11.3. The number of pyridine rings is 1. The van der Waals surface area contributed by atoms with Gasteiger partial charge in [-0.25, -0.2) is 8.78 Å². The number of nitrogen functional groups attached to an aromatic ring is 1. The minimum Gasteiger partial charge on any atom is -0.384 e. The number of benzene rings is 1. The Labute approximate surface area is 127 Å². The Morgan fingerprint density at radius 3 is 2.39 bits per heavy atom. The van der Waals surface area contributed by atoms with Crippen LogP contribution in [0.5, 0.6) is 0 Å². The molecule has 1 aliphatic heterocycles. The van der Waals surface area contributed by atoms with Crippen LogP contribution in [0.15, 0.2) is 23.0 Å². The number of nitrogens with one attached hydrogen (secondary N) is 1. The molecule has 2 heterocycles. The molecule has 2 amide bonds. The van der Waals surface area contributed by atoms with Crippen LogP contribution in [0.25, 0.3) is 5.69 Å². The average Bonchev–Trinajstić information content (AvgIpc) is 2.77. The van der Waals surface area contributed by atoms with Gasteiger partial charge in [0.15, 0.2) is 11.6 Å². The van der Waals surface area contributed by atoms with Gasteiger partial charge in [0.2, 0.25) is 0 Å². The highest BCUT2D eigenvalue weighted by atomic mass is 19.2. The first-order valence-corrected chi connectivity index (χ1v) is 6.22. The molecule has 2 aromatic rings. The van der Waals surface area contributed by atoms with Gasteiger partial charge in [-0.3, -0.25) is 24.3 Å². The summed E-state index contributed by atoms with van der Waals surface area (Å²) in [6.07, 6.45) is 5.24. The third-order valence-electron chi connectivity index (χ3n) is 3.39. The summed E-state index contributed by atoms with van der Waals surface area (Å²) in [5.41, 5.74) is 4.24. The molecule has 0 aliphatic carbocycles. The summed E-state index contributed by atoms with van der Waals surface area (Å²) < 4.78 is 27.6. The number of aromatic nitrogens is 1. The first-order valence-electron chi connectivity index (χ1n) is 6.22. The highest BCUT2D eigenvalue weighted by molar-refractivity contribution is 6.23. The number of terminal acetylenes is 1. The number of rotatable bonds is 1. The summed E-state index contributed by atoms with van der Waals surface area (Å²) in [5, 5.41) is 1.99. The van der Waals surface area contributed by atoms with E-state index in [1.807, 2.05) is 5.32 Å². The van der Waals surface area contributed by atoms with Gasteiger partial charge >= 0.3 is 0 Å². The van der Waals surface area contributed by atoms with Gasteiger partial charge in [-0.1, -0.05) is 5.92 Å². The summed E-state index contributed by atoms with van der Waals surface area (Å²) in [6, 6.07) is 2.31. The van der Waals surface area contributed by atoms with Crippen LogP contribution in [0.2, 0.25) is 0 Å². The lowest BCUT2D eigenvalue weighted by Crippen LogP contribution is -2.25. The number of carbonyl (C=O) groups excluding carboxylic acids is 2. The maximum Gasteiger partial charge on any atom is 0.262 e. The monoisotopic (exact) mass is 315 g/mol. The predicted molar refractivity (Wildman–Crippen MR) is 76.1 cm³/mol. The Kier molecular flexibility index (Phi) is 3.00. The van der Waals surface area contributed by atoms with E-state index in [9.17, 15) is 23.2 Å². The van der Waals surface area contributed by atoms with E-state index in [4.69, 9.17) is 12.2 Å². The van der Waals surface area contributed by atoms with Gasteiger partial charge in [-0.2, -0.15) is 0 Å². The second-order valence-electron chi connectivity index (χ2n) is 4.70. The lowest BCUT2D eigenvalue weighted by molar-refractivity contribution is 0.0880. The molecule has 1 aromatic heterocycles. The highest BCUT2D eigenvalue weighted by Gasteiger charge is 2.32. The van der Waals surface area contributed by atoms with Gasteiger partial charge < -0.3 is 5.73 Å². The molecule has 0 bridgehead atoms. The molecule has 1 aliphatic rings. The van der Waals surface area contributed by atoms with Gasteiger partial charge in [-0.15, -0.1) is 6.42 Å². The Morgan fingerprint density at radius 1 is 1.09 bits per heavy atom.